The highest BCUT2D eigenvalue weighted by Crippen LogP contribution is 2.67. The van der Waals surface area contributed by atoms with E-state index in [4.69, 9.17) is 34.6 Å². The zero-order valence-electron chi connectivity index (χ0n) is 51.8. The van der Waals surface area contributed by atoms with Crippen LogP contribution in [0.25, 0.3) is 4.85 Å². The van der Waals surface area contributed by atoms with Gasteiger partial charge in [-0.1, -0.05) is 127 Å². The number of likely N-dealkylation sites (tertiary alicyclic amines) is 1. The van der Waals surface area contributed by atoms with Gasteiger partial charge in [0.25, 0.3) is 8.53 Å². The number of nitrogens with zero attached hydrogens (tertiary/aromatic N) is 3. The fourth-order valence-electron chi connectivity index (χ4n) is 16.0. The van der Waals surface area contributed by atoms with Gasteiger partial charge in [0.05, 0.1) is 33.0 Å². The van der Waals surface area contributed by atoms with Gasteiger partial charge in [-0.05, 0) is 179 Å². The second-order valence-electron chi connectivity index (χ2n) is 26.3. The number of alkyl carbamates (subject to hydrolysis) is 1. The normalized spacial score (nSPS) is 26.9. The predicted octanol–water partition coefficient (Wildman–Crippen LogP) is 16.0. The van der Waals surface area contributed by atoms with Crippen molar-refractivity contribution in [2.24, 2.45) is 46.3 Å². The van der Waals surface area contributed by atoms with Crippen LogP contribution in [0.15, 0.2) is 90.5 Å². The average Bonchev–Trinajstić information content (AvgIpc) is 1.81. The number of rotatable bonds is 28. The summed E-state index contributed by atoms with van der Waals surface area (Å²) in [7, 11) is 1.78. The summed E-state index contributed by atoms with van der Waals surface area (Å²) in [6.45, 7) is 30.1. The molecule has 8 rings (SSSR count). The van der Waals surface area contributed by atoms with Gasteiger partial charge in [-0.15, -0.1) is 0 Å². The van der Waals surface area contributed by atoms with Crippen LogP contribution in [0.2, 0.25) is 0 Å². The first-order chi connectivity index (χ1) is 39.4. The van der Waals surface area contributed by atoms with Gasteiger partial charge in [-0.3, -0.25) is 4.79 Å². The molecule has 0 bridgehead atoms. The maximum atomic E-state index is 14.7. The molecule has 2 amide bonds. The summed E-state index contributed by atoms with van der Waals surface area (Å²) >= 11 is 0. The topological polar surface area (TPSA) is 112 Å². The lowest BCUT2D eigenvalue weighted by molar-refractivity contribution is -0.134. The third kappa shape index (κ3) is 14.6. The van der Waals surface area contributed by atoms with E-state index in [2.05, 4.69) is 95.4 Å². The van der Waals surface area contributed by atoms with Crippen molar-refractivity contribution in [3.05, 3.63) is 119 Å². The largest absolute Gasteiger partial charge is 0.497 e. The van der Waals surface area contributed by atoms with E-state index in [9.17, 15) is 9.59 Å². The van der Waals surface area contributed by atoms with Crippen LogP contribution in [-0.2, 0) is 28.9 Å². The first-order valence-corrected chi connectivity index (χ1v) is 32.7. The molecular weight excluding hydrogens is 1040 g/mol. The summed E-state index contributed by atoms with van der Waals surface area (Å²) in [5, 5.41) is 3.07. The predicted molar refractivity (Wildman–Crippen MR) is 329 cm³/mol. The number of fused-ring (bicyclic) bond motifs is 5. The summed E-state index contributed by atoms with van der Waals surface area (Å²) in [5.74, 6) is 6.32. The molecule has 4 aliphatic carbocycles. The number of amides is 2. The molecule has 0 radical (unpaired) electrons. The molecule has 11 atom stereocenters. The van der Waals surface area contributed by atoms with Crippen LogP contribution in [0, 0.1) is 52.9 Å². The third-order valence-corrected chi connectivity index (χ3v) is 22.3. The van der Waals surface area contributed by atoms with Gasteiger partial charge in [0.15, 0.2) is 0 Å². The van der Waals surface area contributed by atoms with Crippen LogP contribution >= 0.6 is 8.53 Å². The molecule has 5 aliphatic rings. The molecular formula is C69H101N4O8P. The molecule has 4 unspecified atom stereocenters. The number of hydrogen-bond donors (Lipinski definition) is 1. The fraction of sp³-hybridized carbons (Fsp3) is 0.667. The van der Waals surface area contributed by atoms with Crippen molar-refractivity contribution < 1.29 is 37.6 Å². The van der Waals surface area contributed by atoms with Gasteiger partial charge in [-0.25, -0.2) is 16.0 Å². The second kappa shape index (κ2) is 29.1. The number of hydrogen-bond acceptors (Lipinski definition) is 9. The minimum atomic E-state index is -1.54. The van der Waals surface area contributed by atoms with E-state index in [-0.39, 0.29) is 67.5 Å². The lowest BCUT2D eigenvalue weighted by Gasteiger charge is -2.58. The Hall–Kier alpha value is -4.50. The average molecular weight is 1150 g/mol. The Morgan fingerprint density at radius 3 is 2.10 bits per heavy atom. The van der Waals surface area contributed by atoms with Gasteiger partial charge in [-0.2, -0.15) is 0 Å². The smallest absolute Gasteiger partial charge is 0.407 e. The molecule has 3 aromatic carbocycles. The number of ether oxygens (including phenoxy) is 4. The van der Waals surface area contributed by atoms with E-state index in [0.29, 0.717) is 37.8 Å². The van der Waals surface area contributed by atoms with E-state index in [1.165, 1.54) is 56.9 Å². The summed E-state index contributed by atoms with van der Waals surface area (Å²) < 4.78 is 40.4. The Kier molecular flexibility index (Phi) is 22.5. The molecule has 3 saturated carbocycles. The number of benzene rings is 3. The Labute approximate surface area is 495 Å². The molecule has 450 valence electrons. The van der Waals surface area contributed by atoms with Crippen molar-refractivity contribution in [3.8, 4) is 11.5 Å². The van der Waals surface area contributed by atoms with Gasteiger partial charge >= 0.3 is 6.09 Å². The molecule has 1 saturated heterocycles. The van der Waals surface area contributed by atoms with Crippen molar-refractivity contribution >= 4 is 20.5 Å². The molecule has 12 nitrogen and oxygen atoms in total. The van der Waals surface area contributed by atoms with E-state index in [0.717, 1.165) is 95.8 Å². The summed E-state index contributed by atoms with van der Waals surface area (Å²) in [6.07, 6.45) is 18.6. The molecule has 3 aromatic rings. The first kappa shape index (κ1) is 63.5. The number of nitrogens with one attached hydrogen (secondary N) is 1. The Bertz CT molecular complexity index is 2520. The molecule has 1 aliphatic heterocycles. The second-order valence-corrected chi connectivity index (χ2v) is 27.7. The van der Waals surface area contributed by atoms with Crippen LogP contribution in [0.1, 0.15) is 182 Å². The highest BCUT2D eigenvalue weighted by atomic mass is 31.2. The summed E-state index contributed by atoms with van der Waals surface area (Å²) in [5.41, 5.74) is 3.91. The molecule has 4 fully saturated rings. The first-order valence-electron chi connectivity index (χ1n) is 31.6. The monoisotopic (exact) mass is 1140 g/mol. The number of allylic oxidation sites excluding steroid dienone is 1. The molecule has 0 spiro atoms. The van der Waals surface area contributed by atoms with Crippen molar-refractivity contribution in [1.29, 1.82) is 0 Å². The van der Waals surface area contributed by atoms with Crippen LogP contribution in [-0.4, -0.2) is 99.0 Å². The zero-order chi connectivity index (χ0) is 58.6. The molecule has 1 heterocycles. The third-order valence-electron chi connectivity index (χ3n) is 20.1. The number of carbonyl (C=O) groups is 2. The van der Waals surface area contributed by atoms with Crippen molar-refractivity contribution in [1.82, 2.24) is 14.9 Å². The Morgan fingerprint density at radius 2 is 1.46 bits per heavy atom. The number of carbonyl (C=O) groups excluding carboxylic acids is 2. The number of unbranched alkanes of at least 4 members (excludes halogenated alkanes) is 2. The van der Waals surface area contributed by atoms with Crippen molar-refractivity contribution in [3.63, 3.8) is 0 Å². The highest BCUT2D eigenvalue weighted by molar-refractivity contribution is 7.44. The zero-order valence-corrected chi connectivity index (χ0v) is 52.7. The lowest BCUT2D eigenvalue weighted by atomic mass is 9.47. The Balaban J connectivity index is 0.887. The summed E-state index contributed by atoms with van der Waals surface area (Å²) in [4.78, 5) is 33.5. The van der Waals surface area contributed by atoms with Crippen LogP contribution in [0.5, 0.6) is 11.5 Å². The molecule has 0 aromatic heterocycles. The molecule has 13 heteroatoms. The van der Waals surface area contributed by atoms with Crippen LogP contribution in [0.4, 0.5) is 4.79 Å². The SMILES string of the molecule is [C-]#[N+]CCOP(O[C@@H]1C[C@H](COC(c2ccccc2)(c2ccc(OC)cc2)c2ccc(OC)cc2)N(C(=O)CCCCCNC(=O)O[C@H]2CC[C@@]3(C)C(=CCC4C3CC[C@@]3(C)C4CC[C@@H]3[C@H](C)CCCC(C)C)C2)C1)N(C(C)C)C(C)C. The van der Waals surface area contributed by atoms with Gasteiger partial charge in [0.2, 0.25) is 12.5 Å². The fourth-order valence-corrected chi connectivity index (χ4v) is 17.7. The van der Waals surface area contributed by atoms with E-state index < -0.39 is 14.1 Å². The van der Waals surface area contributed by atoms with Crippen molar-refractivity contribution in [2.45, 2.75) is 201 Å². The van der Waals surface area contributed by atoms with Crippen molar-refractivity contribution in [2.75, 3.05) is 47.1 Å². The van der Waals surface area contributed by atoms with E-state index in [1.54, 1.807) is 14.2 Å². The Morgan fingerprint density at radius 1 is 0.793 bits per heavy atom. The molecule has 1 N–H and O–H groups in total. The maximum absolute atomic E-state index is 14.7. The summed E-state index contributed by atoms with van der Waals surface area (Å²) in [6, 6.07) is 26.2. The molecule has 82 heavy (non-hydrogen) atoms. The quantitative estimate of drug-likeness (QED) is 0.0250. The minimum Gasteiger partial charge on any atom is -0.497 e. The number of methoxy groups -OCH3 is 2. The lowest BCUT2D eigenvalue weighted by Crippen LogP contribution is -2.51. The van der Waals surface area contributed by atoms with Gasteiger partial charge in [0, 0.05) is 38.0 Å². The highest BCUT2D eigenvalue weighted by Gasteiger charge is 2.59. The van der Waals surface area contributed by atoms with Gasteiger partial charge in [0.1, 0.15) is 29.8 Å². The van der Waals surface area contributed by atoms with E-state index in [1.807, 2.05) is 71.6 Å². The van der Waals surface area contributed by atoms with Crippen LogP contribution in [0.3, 0.4) is 0 Å². The van der Waals surface area contributed by atoms with Crippen LogP contribution < -0.4 is 14.8 Å². The standard InChI is InChI=1S/C69H101N4O8P/c1-48(2)20-19-21-51(7)62-35-36-63-61-34-29-55-44-59(37-39-67(55,8)64(61)38-40-68(62,63)9)80-66(75)71-41-18-14-17-24-65(74)72-46-60(81-82(79-43-42-70-10)73(49(3)4)50(5)6)45-56(72)47-78-69(52-22-15-13-16-23-52,53-25-30-57(76-11)31-26-53)54-27-32-58(77-12)33-28-54/h13,15-16,22-23,25-33,48-51,56,59-64H,14,17-21,24,34-47H2,1-9,11-12H3,(H,71,75)/t51-,56-,59+,60-,61?,62-,63?,64?,67+,68-,82?/m1/s1. The maximum Gasteiger partial charge on any atom is 0.407 e. The van der Waals surface area contributed by atoms with Gasteiger partial charge < -0.3 is 43.1 Å². The minimum absolute atomic E-state index is 0.0403. The van der Waals surface area contributed by atoms with E-state index >= 15 is 0 Å².